The smallest absolute Gasteiger partial charge is 0.258 e. The van der Waals surface area contributed by atoms with Gasteiger partial charge in [0.05, 0.1) is 0 Å². The molecule has 0 aliphatic rings. The number of nitrogens with one attached hydrogen (secondary N) is 2. The molecule has 2 aromatic rings. The zero-order valence-corrected chi connectivity index (χ0v) is 10.2. The minimum absolute atomic E-state index is 0.252. The average Bonchev–Trinajstić information content (AvgIpc) is 2.92. The maximum Gasteiger partial charge on any atom is 0.258 e. The molecule has 4 N–H and O–H groups in total. The van der Waals surface area contributed by atoms with Crippen LogP contribution in [0.5, 0.6) is 0 Å². The third-order valence-corrected chi connectivity index (χ3v) is 2.36. The summed E-state index contributed by atoms with van der Waals surface area (Å²) in [6, 6.07) is 0.252. The maximum absolute atomic E-state index is 5.33. The molecule has 2 rings (SSSR count). The van der Waals surface area contributed by atoms with E-state index in [4.69, 9.17) is 5.84 Å². The van der Waals surface area contributed by atoms with Crippen LogP contribution in [0, 0.1) is 0 Å². The van der Waals surface area contributed by atoms with E-state index in [1.54, 1.807) is 0 Å². The second-order valence-electron chi connectivity index (χ2n) is 3.72. The molecule has 0 spiro atoms. The Hall–Kier alpha value is -2.29. The molecule has 0 amide bonds. The number of anilines is 2. The van der Waals surface area contributed by atoms with Gasteiger partial charge >= 0.3 is 0 Å². The molecule has 9 heteroatoms. The lowest BCUT2D eigenvalue weighted by Crippen LogP contribution is -2.20. The van der Waals surface area contributed by atoms with E-state index < -0.39 is 0 Å². The summed E-state index contributed by atoms with van der Waals surface area (Å²) in [7, 11) is 0. The molecular weight excluding hydrogens is 234 g/mol. The predicted molar refractivity (Wildman–Crippen MR) is 65.9 cm³/mol. The Balaban J connectivity index is 2.33. The van der Waals surface area contributed by atoms with Gasteiger partial charge in [0.2, 0.25) is 11.9 Å². The topological polar surface area (TPSA) is 119 Å². The fourth-order valence-electron chi connectivity index (χ4n) is 1.23. The van der Waals surface area contributed by atoms with Gasteiger partial charge in [-0.2, -0.15) is 24.7 Å². The predicted octanol–water partition coefficient (Wildman–Crippen LogP) is -0.0517. The molecule has 0 saturated carbocycles. The fraction of sp³-hybridized carbons (Fsp3) is 0.444. The monoisotopic (exact) mass is 249 g/mol. The molecular formula is C9H15N9. The Kier molecular flexibility index (Phi) is 3.63. The molecule has 0 aliphatic carbocycles. The van der Waals surface area contributed by atoms with Gasteiger partial charge in [-0.05, 0) is 13.3 Å². The summed E-state index contributed by atoms with van der Waals surface area (Å²) in [6.45, 7) is 4.10. The summed E-state index contributed by atoms with van der Waals surface area (Å²) in [4.78, 5) is 16.3. The second-order valence-corrected chi connectivity index (χ2v) is 3.72. The van der Waals surface area contributed by atoms with Crippen molar-refractivity contribution in [1.82, 2.24) is 29.7 Å². The van der Waals surface area contributed by atoms with Gasteiger partial charge in [0.25, 0.3) is 5.95 Å². The highest BCUT2D eigenvalue weighted by atomic mass is 15.4. The van der Waals surface area contributed by atoms with Crippen molar-refractivity contribution in [3.05, 3.63) is 12.7 Å². The van der Waals surface area contributed by atoms with E-state index >= 15 is 0 Å². The number of hydrogen-bond acceptors (Lipinski definition) is 8. The van der Waals surface area contributed by atoms with E-state index in [9.17, 15) is 0 Å². The van der Waals surface area contributed by atoms with Crippen LogP contribution in [0.3, 0.4) is 0 Å². The minimum Gasteiger partial charge on any atom is -0.352 e. The summed E-state index contributed by atoms with van der Waals surface area (Å²) in [5.41, 5.74) is 2.40. The summed E-state index contributed by atoms with van der Waals surface area (Å²) in [5.74, 6) is 6.38. The molecule has 0 fully saturated rings. The molecule has 2 aromatic heterocycles. The summed E-state index contributed by atoms with van der Waals surface area (Å²) < 4.78 is 1.43. The first-order chi connectivity index (χ1) is 8.72. The first-order valence-electron chi connectivity index (χ1n) is 5.57. The van der Waals surface area contributed by atoms with Crippen LogP contribution in [-0.4, -0.2) is 35.8 Å². The van der Waals surface area contributed by atoms with Crippen LogP contribution in [0.1, 0.15) is 20.3 Å². The number of hydrazine groups is 1. The Morgan fingerprint density at radius 1 is 1.33 bits per heavy atom. The van der Waals surface area contributed by atoms with E-state index in [1.165, 1.54) is 17.3 Å². The number of hydrogen-bond donors (Lipinski definition) is 3. The lowest BCUT2D eigenvalue weighted by molar-refractivity contribution is 0.740. The van der Waals surface area contributed by atoms with Crippen LogP contribution >= 0.6 is 0 Å². The first-order valence-corrected chi connectivity index (χ1v) is 5.57. The molecule has 0 saturated heterocycles. The van der Waals surface area contributed by atoms with Crippen LogP contribution in [0.15, 0.2) is 12.7 Å². The summed E-state index contributed by atoms with van der Waals surface area (Å²) in [5, 5.41) is 7.11. The van der Waals surface area contributed by atoms with Gasteiger partial charge in [0.1, 0.15) is 12.7 Å². The zero-order valence-electron chi connectivity index (χ0n) is 10.2. The molecule has 1 unspecified atom stereocenters. The largest absolute Gasteiger partial charge is 0.352 e. The molecule has 0 aromatic carbocycles. The standard InChI is InChI=1S/C9H15N9/c1-3-6(2)13-7-14-8(17-10)16-9(15-7)18-5-11-4-12-18/h4-6H,3,10H2,1-2H3,(H2,13,14,15,16,17). The molecule has 18 heavy (non-hydrogen) atoms. The van der Waals surface area contributed by atoms with Gasteiger partial charge in [-0.25, -0.2) is 10.8 Å². The molecule has 2 heterocycles. The SMILES string of the molecule is CCC(C)Nc1nc(NN)nc(-n2cncn2)n1. The van der Waals surface area contributed by atoms with Crippen molar-refractivity contribution < 1.29 is 0 Å². The van der Waals surface area contributed by atoms with Crippen LogP contribution in [0.4, 0.5) is 11.9 Å². The lowest BCUT2D eigenvalue weighted by atomic mass is 10.3. The maximum atomic E-state index is 5.33. The molecule has 96 valence electrons. The van der Waals surface area contributed by atoms with Gasteiger partial charge < -0.3 is 5.32 Å². The summed E-state index contributed by atoms with van der Waals surface area (Å²) in [6.07, 6.45) is 3.86. The highest BCUT2D eigenvalue weighted by Crippen LogP contribution is 2.09. The highest BCUT2D eigenvalue weighted by Gasteiger charge is 2.09. The van der Waals surface area contributed by atoms with E-state index in [0.29, 0.717) is 11.9 Å². The van der Waals surface area contributed by atoms with E-state index in [0.717, 1.165) is 6.42 Å². The lowest BCUT2D eigenvalue weighted by Gasteiger charge is -2.12. The fourth-order valence-corrected chi connectivity index (χ4v) is 1.23. The first kappa shape index (κ1) is 12.2. The average molecular weight is 249 g/mol. The Labute approximate surface area is 104 Å². The van der Waals surface area contributed by atoms with Gasteiger partial charge in [0, 0.05) is 6.04 Å². The number of nitrogens with zero attached hydrogens (tertiary/aromatic N) is 6. The van der Waals surface area contributed by atoms with Crippen LogP contribution in [0.25, 0.3) is 5.95 Å². The van der Waals surface area contributed by atoms with Crippen molar-refractivity contribution in [2.24, 2.45) is 5.84 Å². The minimum atomic E-state index is 0.252. The quantitative estimate of drug-likeness (QED) is 0.498. The van der Waals surface area contributed by atoms with E-state index in [1.807, 2.05) is 6.92 Å². The number of rotatable bonds is 5. The van der Waals surface area contributed by atoms with Crippen LogP contribution in [0.2, 0.25) is 0 Å². The van der Waals surface area contributed by atoms with Crippen molar-refractivity contribution >= 4 is 11.9 Å². The van der Waals surface area contributed by atoms with Crippen molar-refractivity contribution in [3.63, 3.8) is 0 Å². The van der Waals surface area contributed by atoms with Gasteiger partial charge in [-0.15, -0.1) is 0 Å². The third-order valence-electron chi connectivity index (χ3n) is 2.36. The molecule has 0 aliphatic heterocycles. The van der Waals surface area contributed by atoms with Crippen LogP contribution in [-0.2, 0) is 0 Å². The summed E-state index contributed by atoms with van der Waals surface area (Å²) >= 11 is 0. The van der Waals surface area contributed by atoms with E-state index in [2.05, 4.69) is 42.7 Å². The van der Waals surface area contributed by atoms with Crippen LogP contribution < -0.4 is 16.6 Å². The van der Waals surface area contributed by atoms with Gasteiger partial charge in [0.15, 0.2) is 0 Å². The number of nitrogen functional groups attached to an aromatic ring is 1. The molecule has 0 radical (unpaired) electrons. The second kappa shape index (κ2) is 5.36. The Morgan fingerprint density at radius 2 is 2.11 bits per heavy atom. The Bertz CT molecular complexity index is 495. The van der Waals surface area contributed by atoms with Crippen molar-refractivity contribution in [2.75, 3.05) is 10.7 Å². The van der Waals surface area contributed by atoms with Crippen molar-refractivity contribution in [2.45, 2.75) is 26.3 Å². The van der Waals surface area contributed by atoms with Crippen molar-refractivity contribution in [3.8, 4) is 5.95 Å². The normalized spacial score (nSPS) is 12.2. The highest BCUT2D eigenvalue weighted by molar-refractivity contribution is 5.37. The number of aromatic nitrogens is 6. The molecule has 0 bridgehead atoms. The van der Waals surface area contributed by atoms with Gasteiger partial charge in [-0.3, -0.25) is 5.43 Å². The molecule has 9 nitrogen and oxygen atoms in total. The third kappa shape index (κ3) is 2.69. The van der Waals surface area contributed by atoms with Gasteiger partial charge in [-0.1, -0.05) is 6.92 Å². The van der Waals surface area contributed by atoms with E-state index in [-0.39, 0.29) is 12.0 Å². The molecule has 1 atom stereocenters. The van der Waals surface area contributed by atoms with Crippen molar-refractivity contribution in [1.29, 1.82) is 0 Å². The Morgan fingerprint density at radius 3 is 2.72 bits per heavy atom. The zero-order chi connectivity index (χ0) is 13.0. The number of nitrogens with two attached hydrogens (primary N) is 1.